The number of benzene rings is 2. The standard InChI is InChI=1S/C20H23O/c1-2-3-4-9-14-21-15-20-18-12-7-5-10-16(18)17-11-6-8-13-19(17)20/h5-8,10-14,20H,2-4,9,15H2,1H3. The van der Waals surface area contributed by atoms with Gasteiger partial charge in [0.15, 0.2) is 0 Å². The lowest BCUT2D eigenvalue weighted by Crippen LogP contribution is -2.05. The third kappa shape index (κ3) is 3.03. The highest BCUT2D eigenvalue weighted by Crippen LogP contribution is 2.44. The van der Waals surface area contributed by atoms with Gasteiger partial charge in [-0.1, -0.05) is 74.7 Å². The van der Waals surface area contributed by atoms with E-state index in [9.17, 15) is 0 Å². The lowest BCUT2D eigenvalue weighted by atomic mass is 9.98. The van der Waals surface area contributed by atoms with Crippen molar-refractivity contribution in [2.75, 3.05) is 6.61 Å². The first-order valence-electron chi connectivity index (χ1n) is 8.03. The number of unbranched alkanes of at least 4 members (excludes halogenated alkanes) is 3. The number of hydrogen-bond acceptors (Lipinski definition) is 1. The summed E-state index contributed by atoms with van der Waals surface area (Å²) in [5.74, 6) is 0.375. The third-order valence-corrected chi connectivity index (χ3v) is 4.27. The van der Waals surface area contributed by atoms with E-state index in [4.69, 9.17) is 4.74 Å². The van der Waals surface area contributed by atoms with Crippen molar-refractivity contribution in [2.24, 2.45) is 0 Å². The molecule has 1 aliphatic rings. The maximum absolute atomic E-state index is 5.85. The van der Waals surface area contributed by atoms with Gasteiger partial charge in [-0.3, -0.25) is 0 Å². The van der Waals surface area contributed by atoms with Gasteiger partial charge in [0.05, 0.1) is 13.2 Å². The lowest BCUT2D eigenvalue weighted by Gasteiger charge is -2.13. The third-order valence-electron chi connectivity index (χ3n) is 4.27. The minimum atomic E-state index is 0.375. The summed E-state index contributed by atoms with van der Waals surface area (Å²) in [6.45, 7) is 4.98. The molecule has 1 nitrogen and oxygen atoms in total. The van der Waals surface area contributed by atoms with Gasteiger partial charge in [0.25, 0.3) is 0 Å². The molecule has 3 rings (SSSR count). The largest absolute Gasteiger partial charge is 0.375 e. The molecule has 109 valence electrons. The zero-order valence-electron chi connectivity index (χ0n) is 12.7. The van der Waals surface area contributed by atoms with E-state index in [-0.39, 0.29) is 0 Å². The Morgan fingerprint density at radius 3 is 2.14 bits per heavy atom. The van der Waals surface area contributed by atoms with Gasteiger partial charge in [-0.2, -0.15) is 0 Å². The second kappa shape index (κ2) is 6.91. The normalized spacial score (nSPS) is 13.2. The molecular weight excluding hydrogens is 256 g/mol. The SMILES string of the molecule is CCCCC[CH]OCC1c2ccccc2-c2ccccc21. The van der Waals surface area contributed by atoms with Crippen molar-refractivity contribution in [3.8, 4) is 11.1 Å². The van der Waals surface area contributed by atoms with Crippen LogP contribution in [0.3, 0.4) is 0 Å². The zero-order chi connectivity index (χ0) is 14.5. The number of rotatable bonds is 7. The Morgan fingerprint density at radius 2 is 1.52 bits per heavy atom. The van der Waals surface area contributed by atoms with Crippen LogP contribution in [0, 0.1) is 6.61 Å². The van der Waals surface area contributed by atoms with Crippen molar-refractivity contribution in [1.29, 1.82) is 0 Å². The monoisotopic (exact) mass is 279 g/mol. The summed E-state index contributed by atoms with van der Waals surface area (Å²) >= 11 is 0. The van der Waals surface area contributed by atoms with E-state index in [1.54, 1.807) is 0 Å². The molecule has 2 aromatic rings. The van der Waals surface area contributed by atoms with Gasteiger partial charge in [-0.05, 0) is 28.7 Å². The van der Waals surface area contributed by atoms with Crippen molar-refractivity contribution in [3.05, 3.63) is 66.3 Å². The Kier molecular flexibility index (Phi) is 4.72. The Bertz CT molecular complexity index is 542. The maximum Gasteiger partial charge on any atom is 0.0837 e. The molecule has 0 aromatic heterocycles. The van der Waals surface area contributed by atoms with Crippen molar-refractivity contribution < 1.29 is 4.74 Å². The van der Waals surface area contributed by atoms with Crippen LogP contribution in [-0.4, -0.2) is 6.61 Å². The summed E-state index contributed by atoms with van der Waals surface area (Å²) in [6.07, 6.45) is 4.84. The number of fused-ring (bicyclic) bond motifs is 3. The molecule has 0 unspecified atom stereocenters. The van der Waals surface area contributed by atoms with E-state index in [1.165, 1.54) is 41.5 Å². The first-order chi connectivity index (χ1) is 10.4. The molecule has 1 radical (unpaired) electrons. The Morgan fingerprint density at radius 1 is 0.905 bits per heavy atom. The summed E-state index contributed by atoms with van der Waals surface area (Å²) < 4.78 is 5.85. The van der Waals surface area contributed by atoms with Gasteiger partial charge in [0, 0.05) is 5.92 Å². The van der Waals surface area contributed by atoms with Gasteiger partial charge in [-0.15, -0.1) is 0 Å². The van der Waals surface area contributed by atoms with Gasteiger partial charge >= 0.3 is 0 Å². The van der Waals surface area contributed by atoms with Crippen LogP contribution in [0.15, 0.2) is 48.5 Å². The van der Waals surface area contributed by atoms with E-state index in [0.717, 1.165) is 13.0 Å². The van der Waals surface area contributed by atoms with Crippen molar-refractivity contribution in [3.63, 3.8) is 0 Å². The number of ether oxygens (including phenoxy) is 1. The summed E-state index contributed by atoms with van der Waals surface area (Å²) in [6, 6.07) is 17.4. The van der Waals surface area contributed by atoms with Crippen LogP contribution in [0.4, 0.5) is 0 Å². The van der Waals surface area contributed by atoms with Crippen molar-refractivity contribution in [1.82, 2.24) is 0 Å². The van der Waals surface area contributed by atoms with Gasteiger partial charge in [0.1, 0.15) is 0 Å². The smallest absolute Gasteiger partial charge is 0.0837 e. The summed E-state index contributed by atoms with van der Waals surface area (Å²) in [7, 11) is 0. The molecule has 2 aromatic carbocycles. The molecule has 21 heavy (non-hydrogen) atoms. The van der Waals surface area contributed by atoms with Gasteiger partial charge < -0.3 is 4.74 Å². The molecule has 0 fully saturated rings. The van der Waals surface area contributed by atoms with Crippen LogP contribution >= 0.6 is 0 Å². The second-order valence-electron chi connectivity index (χ2n) is 5.72. The van der Waals surface area contributed by atoms with Crippen LogP contribution in [0.1, 0.15) is 49.7 Å². The predicted octanol–water partition coefficient (Wildman–Crippen LogP) is 5.56. The lowest BCUT2D eigenvalue weighted by molar-refractivity contribution is 0.182. The Labute approximate surface area is 128 Å². The molecule has 0 N–H and O–H groups in total. The fourth-order valence-corrected chi connectivity index (χ4v) is 3.16. The van der Waals surface area contributed by atoms with E-state index in [2.05, 4.69) is 55.5 Å². The highest BCUT2D eigenvalue weighted by atomic mass is 16.5. The molecule has 0 aliphatic heterocycles. The molecule has 0 amide bonds. The average molecular weight is 279 g/mol. The fourth-order valence-electron chi connectivity index (χ4n) is 3.16. The van der Waals surface area contributed by atoms with Crippen LogP contribution in [-0.2, 0) is 4.74 Å². The van der Waals surface area contributed by atoms with E-state index in [0.29, 0.717) is 5.92 Å². The van der Waals surface area contributed by atoms with Gasteiger partial charge in [0.2, 0.25) is 0 Å². The van der Waals surface area contributed by atoms with Crippen LogP contribution in [0.2, 0.25) is 0 Å². The molecule has 0 atom stereocenters. The van der Waals surface area contributed by atoms with Crippen LogP contribution < -0.4 is 0 Å². The predicted molar refractivity (Wildman–Crippen MR) is 88.1 cm³/mol. The molecule has 0 spiro atoms. The van der Waals surface area contributed by atoms with Crippen LogP contribution in [0.25, 0.3) is 11.1 Å². The second-order valence-corrected chi connectivity index (χ2v) is 5.72. The molecule has 0 heterocycles. The van der Waals surface area contributed by atoms with Crippen molar-refractivity contribution in [2.45, 2.75) is 38.5 Å². The summed E-state index contributed by atoms with van der Waals surface area (Å²) in [5, 5.41) is 0. The quantitative estimate of drug-likeness (QED) is 0.603. The van der Waals surface area contributed by atoms with E-state index < -0.39 is 0 Å². The molecule has 1 heteroatoms. The topological polar surface area (TPSA) is 9.23 Å². The Hall–Kier alpha value is -1.60. The summed E-state index contributed by atoms with van der Waals surface area (Å²) in [4.78, 5) is 0. The molecule has 1 aliphatic carbocycles. The molecule has 0 saturated carbocycles. The maximum atomic E-state index is 5.85. The first kappa shape index (κ1) is 14.3. The number of hydrogen-bond donors (Lipinski definition) is 0. The minimum absolute atomic E-state index is 0.375. The van der Waals surface area contributed by atoms with Gasteiger partial charge in [-0.25, -0.2) is 0 Å². The molecule has 0 bridgehead atoms. The highest BCUT2D eigenvalue weighted by molar-refractivity contribution is 5.78. The molecular formula is C20H23O. The van der Waals surface area contributed by atoms with E-state index in [1.807, 2.05) is 6.61 Å². The first-order valence-corrected chi connectivity index (χ1v) is 8.03. The zero-order valence-corrected chi connectivity index (χ0v) is 12.7. The molecule has 0 saturated heterocycles. The van der Waals surface area contributed by atoms with E-state index >= 15 is 0 Å². The average Bonchev–Trinajstić information content (AvgIpc) is 2.85. The van der Waals surface area contributed by atoms with Crippen molar-refractivity contribution >= 4 is 0 Å². The summed E-state index contributed by atoms with van der Waals surface area (Å²) in [5.41, 5.74) is 5.54. The highest BCUT2D eigenvalue weighted by Gasteiger charge is 2.27. The fraction of sp³-hybridized carbons (Fsp3) is 0.350. The minimum Gasteiger partial charge on any atom is -0.375 e. The van der Waals surface area contributed by atoms with Crippen LogP contribution in [0.5, 0.6) is 0 Å². The Balaban J connectivity index is 1.68.